The molecule has 2 aromatic carbocycles. The van der Waals surface area contributed by atoms with E-state index < -0.39 is 10.0 Å². The van der Waals surface area contributed by atoms with Gasteiger partial charge in [-0.3, -0.25) is 0 Å². The SMILES string of the molecule is NS(=O)(=O)c1ccc(NC(=O)N2CC[C@H]2c2ccccc2)cc1. The molecular weight excluding hydrogens is 314 g/mol. The zero-order valence-corrected chi connectivity index (χ0v) is 13.2. The number of carbonyl (C=O) groups is 1. The molecule has 2 amide bonds. The summed E-state index contributed by atoms with van der Waals surface area (Å²) in [6.07, 6.45) is 0.932. The van der Waals surface area contributed by atoms with Crippen molar-refractivity contribution in [2.75, 3.05) is 11.9 Å². The molecule has 0 spiro atoms. The Hall–Kier alpha value is -2.38. The number of urea groups is 1. The molecule has 3 rings (SSSR count). The average Bonchev–Trinajstić information content (AvgIpc) is 2.46. The minimum absolute atomic E-state index is 0.0154. The smallest absolute Gasteiger partial charge is 0.317 e. The van der Waals surface area contributed by atoms with Crippen LogP contribution in [-0.4, -0.2) is 25.9 Å². The number of rotatable bonds is 3. The summed E-state index contributed by atoms with van der Waals surface area (Å²) in [6, 6.07) is 15.5. The first-order valence-corrected chi connectivity index (χ1v) is 8.75. The van der Waals surface area contributed by atoms with Crippen molar-refractivity contribution in [3.63, 3.8) is 0 Å². The first-order valence-electron chi connectivity index (χ1n) is 7.20. The summed E-state index contributed by atoms with van der Waals surface area (Å²) in [4.78, 5) is 14.1. The predicted octanol–water partition coefficient (Wildman–Crippen LogP) is 2.31. The van der Waals surface area contributed by atoms with Gasteiger partial charge in [-0.2, -0.15) is 0 Å². The third-order valence-corrected chi connectivity index (χ3v) is 4.83. The second kappa shape index (κ2) is 6.02. The second-order valence-electron chi connectivity index (χ2n) is 5.41. The van der Waals surface area contributed by atoms with Crippen LogP contribution in [0.5, 0.6) is 0 Å². The van der Waals surface area contributed by atoms with E-state index in [-0.39, 0.29) is 17.0 Å². The summed E-state index contributed by atoms with van der Waals surface area (Å²) < 4.78 is 22.4. The summed E-state index contributed by atoms with van der Waals surface area (Å²) in [5.41, 5.74) is 1.64. The standard InChI is InChI=1S/C16H17N3O3S/c17-23(21,22)14-8-6-13(7-9-14)18-16(20)19-11-10-15(19)12-4-2-1-3-5-12/h1-9,15H,10-11H2,(H,18,20)(H2,17,21,22)/t15-/m0/s1. The molecule has 0 radical (unpaired) electrons. The summed E-state index contributed by atoms with van der Waals surface area (Å²) in [7, 11) is -3.73. The summed E-state index contributed by atoms with van der Waals surface area (Å²) in [6.45, 7) is 0.695. The summed E-state index contributed by atoms with van der Waals surface area (Å²) in [5.74, 6) is 0. The van der Waals surface area contributed by atoms with Gasteiger partial charge in [0.1, 0.15) is 0 Å². The highest BCUT2D eigenvalue weighted by atomic mass is 32.2. The van der Waals surface area contributed by atoms with Gasteiger partial charge in [0.05, 0.1) is 10.9 Å². The number of sulfonamides is 1. The fraction of sp³-hybridized carbons (Fsp3) is 0.188. The van der Waals surface area contributed by atoms with Gasteiger partial charge in [0.15, 0.2) is 0 Å². The molecule has 6 nitrogen and oxygen atoms in total. The highest BCUT2D eigenvalue weighted by Gasteiger charge is 2.33. The number of nitrogens with zero attached hydrogens (tertiary/aromatic N) is 1. The molecule has 1 heterocycles. The second-order valence-corrected chi connectivity index (χ2v) is 6.97. The van der Waals surface area contributed by atoms with Gasteiger partial charge in [0.2, 0.25) is 10.0 Å². The molecule has 2 aromatic rings. The van der Waals surface area contributed by atoms with Gasteiger partial charge < -0.3 is 10.2 Å². The fourth-order valence-electron chi connectivity index (χ4n) is 2.58. The van der Waals surface area contributed by atoms with Gasteiger partial charge in [-0.25, -0.2) is 18.4 Å². The topological polar surface area (TPSA) is 92.5 Å². The Morgan fingerprint density at radius 3 is 2.26 bits per heavy atom. The van der Waals surface area contributed by atoms with Crippen molar-refractivity contribution < 1.29 is 13.2 Å². The van der Waals surface area contributed by atoms with Gasteiger partial charge in [0, 0.05) is 12.2 Å². The Bertz CT molecular complexity index is 804. The van der Waals surface area contributed by atoms with E-state index in [1.54, 1.807) is 4.90 Å². The largest absolute Gasteiger partial charge is 0.322 e. The van der Waals surface area contributed by atoms with E-state index in [0.29, 0.717) is 12.2 Å². The van der Waals surface area contributed by atoms with Crippen molar-refractivity contribution in [3.05, 3.63) is 60.2 Å². The maximum Gasteiger partial charge on any atom is 0.322 e. The van der Waals surface area contributed by atoms with Gasteiger partial charge in [0.25, 0.3) is 0 Å². The molecule has 1 fully saturated rings. The number of amides is 2. The molecule has 0 bridgehead atoms. The lowest BCUT2D eigenvalue weighted by Crippen LogP contribution is -2.47. The van der Waals surface area contributed by atoms with Crippen LogP contribution in [-0.2, 0) is 10.0 Å². The quantitative estimate of drug-likeness (QED) is 0.904. The number of primary sulfonamides is 1. The highest BCUT2D eigenvalue weighted by Crippen LogP contribution is 2.33. The van der Waals surface area contributed by atoms with Crippen molar-refractivity contribution >= 4 is 21.7 Å². The van der Waals surface area contributed by atoms with Gasteiger partial charge in [-0.15, -0.1) is 0 Å². The van der Waals surface area contributed by atoms with E-state index in [1.807, 2.05) is 30.3 Å². The van der Waals surface area contributed by atoms with Crippen LogP contribution >= 0.6 is 0 Å². The lowest BCUT2D eigenvalue weighted by Gasteiger charge is -2.41. The molecule has 0 unspecified atom stereocenters. The summed E-state index contributed by atoms with van der Waals surface area (Å²) >= 11 is 0. The van der Waals surface area contributed by atoms with Crippen molar-refractivity contribution in [2.24, 2.45) is 5.14 Å². The van der Waals surface area contributed by atoms with Crippen molar-refractivity contribution in [1.82, 2.24) is 4.90 Å². The zero-order chi connectivity index (χ0) is 16.4. The molecule has 7 heteroatoms. The third-order valence-electron chi connectivity index (χ3n) is 3.90. The van der Waals surface area contributed by atoms with Crippen LogP contribution in [0.15, 0.2) is 59.5 Å². The van der Waals surface area contributed by atoms with Crippen LogP contribution in [0.3, 0.4) is 0 Å². The zero-order valence-electron chi connectivity index (χ0n) is 12.3. The van der Waals surface area contributed by atoms with Crippen LogP contribution in [0, 0.1) is 0 Å². The Kier molecular flexibility index (Phi) is 4.06. The normalized spacial score (nSPS) is 17.4. The summed E-state index contributed by atoms with van der Waals surface area (Å²) in [5, 5.41) is 7.82. The van der Waals surface area contributed by atoms with Gasteiger partial charge in [-0.1, -0.05) is 30.3 Å². The van der Waals surface area contributed by atoms with E-state index in [4.69, 9.17) is 5.14 Å². The molecule has 3 N–H and O–H groups in total. The molecule has 23 heavy (non-hydrogen) atoms. The van der Waals surface area contributed by atoms with Crippen LogP contribution in [0.4, 0.5) is 10.5 Å². The van der Waals surface area contributed by atoms with Crippen LogP contribution in [0.2, 0.25) is 0 Å². The van der Waals surface area contributed by atoms with E-state index in [1.165, 1.54) is 24.3 Å². The van der Waals surface area contributed by atoms with Crippen molar-refractivity contribution in [2.45, 2.75) is 17.4 Å². The maximum absolute atomic E-state index is 12.3. The fourth-order valence-corrected chi connectivity index (χ4v) is 3.09. The molecular formula is C16H17N3O3S. The molecule has 1 atom stereocenters. The minimum atomic E-state index is -3.73. The Labute approximate surface area is 135 Å². The van der Waals surface area contributed by atoms with E-state index in [0.717, 1.165) is 12.0 Å². The monoisotopic (exact) mass is 331 g/mol. The van der Waals surface area contributed by atoms with Crippen molar-refractivity contribution in [3.8, 4) is 0 Å². The average molecular weight is 331 g/mol. The molecule has 0 saturated carbocycles. The van der Waals surface area contributed by atoms with Crippen molar-refractivity contribution in [1.29, 1.82) is 0 Å². The Morgan fingerprint density at radius 2 is 1.74 bits per heavy atom. The minimum Gasteiger partial charge on any atom is -0.317 e. The number of anilines is 1. The number of benzene rings is 2. The first kappa shape index (κ1) is 15.5. The van der Waals surface area contributed by atoms with E-state index in [9.17, 15) is 13.2 Å². The van der Waals surface area contributed by atoms with Crippen LogP contribution < -0.4 is 10.5 Å². The molecule has 1 aliphatic rings. The number of likely N-dealkylation sites (tertiary alicyclic amines) is 1. The Balaban J connectivity index is 1.68. The molecule has 120 valence electrons. The van der Waals surface area contributed by atoms with Gasteiger partial charge >= 0.3 is 6.03 Å². The lowest BCUT2D eigenvalue weighted by atomic mass is 9.95. The number of hydrogen-bond donors (Lipinski definition) is 2. The number of nitrogens with one attached hydrogen (secondary N) is 1. The highest BCUT2D eigenvalue weighted by molar-refractivity contribution is 7.89. The molecule has 1 saturated heterocycles. The lowest BCUT2D eigenvalue weighted by molar-refractivity contribution is 0.126. The first-order chi connectivity index (χ1) is 10.9. The van der Waals surface area contributed by atoms with Gasteiger partial charge in [-0.05, 0) is 36.2 Å². The Morgan fingerprint density at radius 1 is 1.09 bits per heavy atom. The van der Waals surface area contributed by atoms with Crippen LogP contribution in [0.25, 0.3) is 0 Å². The van der Waals surface area contributed by atoms with E-state index >= 15 is 0 Å². The number of hydrogen-bond acceptors (Lipinski definition) is 3. The number of carbonyl (C=O) groups excluding carboxylic acids is 1. The van der Waals surface area contributed by atoms with Crippen LogP contribution in [0.1, 0.15) is 18.0 Å². The predicted molar refractivity (Wildman–Crippen MR) is 87.3 cm³/mol. The molecule has 0 aromatic heterocycles. The molecule has 0 aliphatic carbocycles. The maximum atomic E-state index is 12.3. The van der Waals surface area contributed by atoms with E-state index in [2.05, 4.69) is 5.32 Å². The molecule has 1 aliphatic heterocycles. The number of nitrogens with two attached hydrogens (primary N) is 1. The third kappa shape index (κ3) is 3.35.